The molecule has 0 amide bonds. The van der Waals surface area contributed by atoms with Gasteiger partial charge in [-0.2, -0.15) is 0 Å². The first kappa shape index (κ1) is 12.5. The van der Waals surface area contributed by atoms with Crippen molar-refractivity contribution >= 4 is 11.6 Å². The lowest BCUT2D eigenvalue weighted by molar-refractivity contribution is 0.352. The van der Waals surface area contributed by atoms with Crippen LogP contribution in [0.1, 0.15) is 16.7 Å². The van der Waals surface area contributed by atoms with E-state index in [1.165, 1.54) is 11.1 Å². The van der Waals surface area contributed by atoms with Gasteiger partial charge in [-0.25, -0.2) is 0 Å². The quantitative estimate of drug-likeness (QED) is 0.920. The predicted octanol–water partition coefficient (Wildman–Crippen LogP) is 3.56. The summed E-state index contributed by atoms with van der Waals surface area (Å²) in [4.78, 5) is 0. The lowest BCUT2D eigenvalue weighted by Gasteiger charge is -2.10. The van der Waals surface area contributed by atoms with Crippen LogP contribution >= 0.6 is 11.6 Å². The molecule has 0 saturated carbocycles. The molecule has 1 N–H and O–H groups in total. The summed E-state index contributed by atoms with van der Waals surface area (Å²) in [5.74, 6) is 1.02. The second kappa shape index (κ2) is 5.64. The Hall–Kier alpha value is -1.51. The molecule has 0 radical (unpaired) electrons. The molecule has 98 valence electrons. The third kappa shape index (κ3) is 2.91. The Balaban J connectivity index is 1.67. The van der Waals surface area contributed by atoms with E-state index in [1.54, 1.807) is 0 Å². The van der Waals surface area contributed by atoms with Crippen molar-refractivity contribution in [2.75, 3.05) is 6.61 Å². The zero-order valence-corrected chi connectivity index (χ0v) is 11.4. The lowest BCUT2D eigenvalue weighted by Crippen LogP contribution is -2.13. The molecule has 1 aliphatic heterocycles. The monoisotopic (exact) mass is 273 g/mol. The zero-order valence-electron chi connectivity index (χ0n) is 10.7. The van der Waals surface area contributed by atoms with Gasteiger partial charge in [0.05, 0.1) is 6.61 Å². The average molecular weight is 274 g/mol. The van der Waals surface area contributed by atoms with E-state index in [2.05, 4.69) is 29.6 Å². The van der Waals surface area contributed by atoms with E-state index in [9.17, 15) is 0 Å². The van der Waals surface area contributed by atoms with Gasteiger partial charge in [-0.3, -0.25) is 0 Å². The number of halogens is 1. The van der Waals surface area contributed by atoms with E-state index in [-0.39, 0.29) is 0 Å². The topological polar surface area (TPSA) is 21.3 Å². The molecule has 3 heteroatoms. The molecule has 0 fully saturated rings. The van der Waals surface area contributed by atoms with Crippen LogP contribution in [0.5, 0.6) is 5.75 Å². The van der Waals surface area contributed by atoms with Crippen LogP contribution in [0.25, 0.3) is 0 Å². The molecule has 0 saturated heterocycles. The van der Waals surface area contributed by atoms with Crippen LogP contribution in [0.15, 0.2) is 42.5 Å². The van der Waals surface area contributed by atoms with E-state index < -0.39 is 0 Å². The van der Waals surface area contributed by atoms with Gasteiger partial charge >= 0.3 is 0 Å². The van der Waals surface area contributed by atoms with Crippen LogP contribution < -0.4 is 10.1 Å². The van der Waals surface area contributed by atoms with E-state index in [0.717, 1.165) is 42.5 Å². The van der Waals surface area contributed by atoms with Crippen LogP contribution in [-0.2, 0) is 19.5 Å². The van der Waals surface area contributed by atoms with Crippen LogP contribution in [0, 0.1) is 0 Å². The first-order valence-electron chi connectivity index (χ1n) is 6.51. The fourth-order valence-corrected chi connectivity index (χ4v) is 2.68. The normalized spacial score (nSPS) is 13.1. The fourth-order valence-electron chi connectivity index (χ4n) is 2.41. The second-order valence-electron chi connectivity index (χ2n) is 4.74. The Morgan fingerprint density at radius 3 is 2.79 bits per heavy atom. The molecule has 0 unspecified atom stereocenters. The fraction of sp³-hybridized carbons (Fsp3) is 0.250. The third-order valence-electron chi connectivity index (χ3n) is 3.31. The van der Waals surface area contributed by atoms with E-state index in [4.69, 9.17) is 16.3 Å². The van der Waals surface area contributed by atoms with Gasteiger partial charge in [0.2, 0.25) is 0 Å². The number of hydrogen-bond donors (Lipinski definition) is 1. The summed E-state index contributed by atoms with van der Waals surface area (Å²) >= 11 is 6.14. The molecule has 2 nitrogen and oxygen atoms in total. The first-order valence-corrected chi connectivity index (χ1v) is 6.89. The molecule has 3 rings (SSSR count). The van der Waals surface area contributed by atoms with Crippen molar-refractivity contribution < 1.29 is 4.74 Å². The summed E-state index contributed by atoms with van der Waals surface area (Å²) in [5.41, 5.74) is 3.65. The van der Waals surface area contributed by atoms with E-state index in [1.807, 2.05) is 18.2 Å². The van der Waals surface area contributed by atoms with Gasteiger partial charge in [-0.15, -0.1) is 0 Å². The minimum Gasteiger partial charge on any atom is -0.493 e. The van der Waals surface area contributed by atoms with Gasteiger partial charge in [0.1, 0.15) is 5.75 Å². The highest BCUT2D eigenvalue weighted by Crippen LogP contribution is 2.32. The molecule has 1 heterocycles. The molecule has 0 spiro atoms. The van der Waals surface area contributed by atoms with Gasteiger partial charge in [0.15, 0.2) is 0 Å². The van der Waals surface area contributed by atoms with Crippen LogP contribution in [0.3, 0.4) is 0 Å². The third-order valence-corrected chi connectivity index (χ3v) is 3.53. The minimum absolute atomic E-state index is 0.765. The lowest BCUT2D eigenvalue weighted by atomic mass is 10.1. The summed E-state index contributed by atoms with van der Waals surface area (Å²) in [6.07, 6.45) is 0.960. The van der Waals surface area contributed by atoms with Crippen molar-refractivity contribution in [3.63, 3.8) is 0 Å². The summed E-state index contributed by atoms with van der Waals surface area (Å²) < 4.78 is 5.69. The molecule has 2 aromatic rings. The van der Waals surface area contributed by atoms with Gasteiger partial charge < -0.3 is 10.1 Å². The highest BCUT2D eigenvalue weighted by molar-refractivity contribution is 6.30. The molecular formula is C16H16ClNO. The maximum absolute atomic E-state index is 6.14. The van der Waals surface area contributed by atoms with Gasteiger partial charge in [-0.1, -0.05) is 41.9 Å². The van der Waals surface area contributed by atoms with Gasteiger partial charge in [0.25, 0.3) is 0 Å². The standard InChI is InChI=1S/C16H16ClNO/c17-15-8-13-6-7-19-16(13)14(9-15)11-18-10-12-4-2-1-3-5-12/h1-5,8-9,18H,6-7,10-11H2. The van der Waals surface area contributed by atoms with Crippen LogP contribution in [0.2, 0.25) is 5.02 Å². The molecule has 0 atom stereocenters. The highest BCUT2D eigenvalue weighted by atomic mass is 35.5. The van der Waals surface area contributed by atoms with Crippen molar-refractivity contribution in [1.82, 2.24) is 5.32 Å². The van der Waals surface area contributed by atoms with E-state index >= 15 is 0 Å². The Bertz CT molecular complexity index is 568. The number of ether oxygens (including phenoxy) is 1. The molecule has 0 bridgehead atoms. The van der Waals surface area contributed by atoms with Crippen molar-refractivity contribution in [3.8, 4) is 5.75 Å². The second-order valence-corrected chi connectivity index (χ2v) is 5.18. The number of hydrogen-bond acceptors (Lipinski definition) is 2. The number of fused-ring (bicyclic) bond motifs is 1. The Morgan fingerprint density at radius 2 is 1.95 bits per heavy atom. The Kier molecular flexibility index (Phi) is 3.72. The zero-order chi connectivity index (χ0) is 13.1. The minimum atomic E-state index is 0.765. The molecular weight excluding hydrogens is 258 g/mol. The van der Waals surface area contributed by atoms with Crippen molar-refractivity contribution in [2.24, 2.45) is 0 Å². The smallest absolute Gasteiger partial charge is 0.127 e. The summed E-state index contributed by atoms with van der Waals surface area (Å²) in [6, 6.07) is 14.4. The largest absolute Gasteiger partial charge is 0.493 e. The molecule has 1 aliphatic rings. The maximum Gasteiger partial charge on any atom is 0.127 e. The molecule has 19 heavy (non-hydrogen) atoms. The summed E-state index contributed by atoms with van der Waals surface area (Å²) in [7, 11) is 0. The van der Waals surface area contributed by atoms with E-state index in [0.29, 0.717) is 0 Å². The number of nitrogens with one attached hydrogen (secondary N) is 1. The Labute approximate surface area is 118 Å². The van der Waals surface area contributed by atoms with Gasteiger partial charge in [-0.05, 0) is 23.3 Å². The number of rotatable bonds is 4. The molecule has 0 aliphatic carbocycles. The average Bonchev–Trinajstić information content (AvgIpc) is 2.88. The predicted molar refractivity (Wildman–Crippen MR) is 77.6 cm³/mol. The summed E-state index contributed by atoms with van der Waals surface area (Å²) in [5, 5.41) is 4.23. The maximum atomic E-state index is 6.14. The summed E-state index contributed by atoms with van der Waals surface area (Å²) in [6.45, 7) is 2.39. The van der Waals surface area contributed by atoms with Gasteiger partial charge in [0, 0.05) is 30.1 Å². The van der Waals surface area contributed by atoms with Crippen molar-refractivity contribution in [1.29, 1.82) is 0 Å². The first-order chi connectivity index (χ1) is 9.33. The highest BCUT2D eigenvalue weighted by Gasteiger charge is 2.17. The van der Waals surface area contributed by atoms with Crippen LogP contribution in [-0.4, -0.2) is 6.61 Å². The Morgan fingerprint density at radius 1 is 1.11 bits per heavy atom. The SMILES string of the molecule is Clc1cc2c(c(CNCc3ccccc3)c1)OCC2. The number of benzene rings is 2. The van der Waals surface area contributed by atoms with Crippen LogP contribution in [0.4, 0.5) is 0 Å². The van der Waals surface area contributed by atoms with Crippen molar-refractivity contribution in [3.05, 3.63) is 64.2 Å². The molecule has 2 aromatic carbocycles. The van der Waals surface area contributed by atoms with Crippen molar-refractivity contribution in [2.45, 2.75) is 19.5 Å². The molecule has 0 aromatic heterocycles.